The van der Waals surface area contributed by atoms with Crippen LogP contribution in [0.15, 0.2) is 35.9 Å². The predicted molar refractivity (Wildman–Crippen MR) is 91.0 cm³/mol. The van der Waals surface area contributed by atoms with Crippen LogP contribution >= 0.6 is 12.4 Å². The number of rotatable bonds is 3. The van der Waals surface area contributed by atoms with Gasteiger partial charge in [-0.1, -0.05) is 29.8 Å². The quantitative estimate of drug-likeness (QED) is 0.851. The number of fused-ring (bicyclic) bond motifs is 1. The van der Waals surface area contributed by atoms with Gasteiger partial charge in [-0.05, 0) is 38.4 Å². The first-order valence-electron chi connectivity index (χ1n) is 7.30. The smallest absolute Gasteiger partial charge is 0.352 e. The fourth-order valence-electron chi connectivity index (χ4n) is 3.09. The Morgan fingerprint density at radius 1 is 1.41 bits per heavy atom. The first-order valence-corrected chi connectivity index (χ1v) is 7.30. The van der Waals surface area contributed by atoms with Crippen LogP contribution in [0.3, 0.4) is 0 Å². The molecule has 1 aromatic carbocycles. The maximum absolute atomic E-state index is 11.5. The van der Waals surface area contributed by atoms with Crippen molar-refractivity contribution in [1.29, 1.82) is 0 Å². The number of H-pyrrole nitrogens is 1. The van der Waals surface area contributed by atoms with Gasteiger partial charge in [0.25, 0.3) is 0 Å². The van der Waals surface area contributed by atoms with Crippen LogP contribution in [0.2, 0.25) is 0 Å². The average molecular weight is 321 g/mol. The van der Waals surface area contributed by atoms with E-state index in [-0.39, 0.29) is 12.4 Å². The van der Waals surface area contributed by atoms with Gasteiger partial charge >= 0.3 is 5.97 Å². The van der Waals surface area contributed by atoms with Crippen molar-refractivity contribution >= 4 is 29.3 Å². The fraction of sp³-hybridized carbons (Fsp3) is 0.353. The van der Waals surface area contributed by atoms with E-state index in [1.807, 2.05) is 24.3 Å². The molecular formula is C17H21ClN2O2. The normalized spacial score (nSPS) is 18.8. The summed E-state index contributed by atoms with van der Waals surface area (Å²) in [4.78, 5) is 16.9. The van der Waals surface area contributed by atoms with Gasteiger partial charge in [-0.25, -0.2) is 4.79 Å². The minimum atomic E-state index is -0.890. The Kier molecular flexibility index (Phi) is 4.94. The summed E-state index contributed by atoms with van der Waals surface area (Å²) in [5.41, 5.74) is 3.40. The van der Waals surface area contributed by atoms with Gasteiger partial charge < -0.3 is 10.1 Å². The van der Waals surface area contributed by atoms with Crippen LogP contribution in [-0.2, 0) is 6.42 Å². The van der Waals surface area contributed by atoms with Crippen molar-refractivity contribution in [2.45, 2.75) is 25.8 Å². The second-order valence-corrected chi connectivity index (χ2v) is 5.73. The number of hydrogen-bond acceptors (Lipinski definition) is 2. The molecule has 0 aliphatic carbocycles. The summed E-state index contributed by atoms with van der Waals surface area (Å²) in [5, 5.41) is 10.5. The largest absolute Gasteiger partial charge is 0.477 e. The molecule has 0 bridgehead atoms. The second kappa shape index (κ2) is 6.55. The highest BCUT2D eigenvalue weighted by molar-refractivity contribution is 5.97. The minimum Gasteiger partial charge on any atom is -0.477 e. The first kappa shape index (κ1) is 16.6. The van der Waals surface area contributed by atoms with Gasteiger partial charge in [0.1, 0.15) is 5.69 Å². The number of aromatic nitrogens is 1. The van der Waals surface area contributed by atoms with Crippen LogP contribution in [0, 0.1) is 0 Å². The second-order valence-electron chi connectivity index (χ2n) is 5.73. The molecular weight excluding hydrogens is 300 g/mol. The van der Waals surface area contributed by atoms with Crippen molar-refractivity contribution in [1.82, 2.24) is 9.88 Å². The maximum Gasteiger partial charge on any atom is 0.352 e. The molecule has 1 aliphatic heterocycles. The summed E-state index contributed by atoms with van der Waals surface area (Å²) in [5.74, 6) is -0.890. The van der Waals surface area contributed by atoms with E-state index in [9.17, 15) is 9.90 Å². The van der Waals surface area contributed by atoms with E-state index in [0.717, 1.165) is 29.4 Å². The monoisotopic (exact) mass is 320 g/mol. The standard InChI is InChI=1S/C17H20N2O2.ClH/c1-11-12(6-5-9-19(11)2)10-14-13-7-3-4-8-15(13)18-16(14)17(20)21;/h3-4,6-8,11,18H,5,9-10H2,1-2H3,(H,20,21);1H. The average Bonchev–Trinajstić information content (AvgIpc) is 2.83. The molecule has 0 spiro atoms. The van der Waals surface area contributed by atoms with Gasteiger partial charge in [0.2, 0.25) is 0 Å². The van der Waals surface area contributed by atoms with Crippen molar-refractivity contribution in [2.24, 2.45) is 0 Å². The number of likely N-dealkylation sites (N-methyl/N-ethyl adjacent to an activating group) is 1. The van der Waals surface area contributed by atoms with Crippen molar-refractivity contribution in [3.05, 3.63) is 47.2 Å². The molecule has 22 heavy (non-hydrogen) atoms. The van der Waals surface area contributed by atoms with Crippen LogP contribution in [0.25, 0.3) is 10.9 Å². The highest BCUT2D eigenvalue weighted by atomic mass is 35.5. The first-order chi connectivity index (χ1) is 10.1. The lowest BCUT2D eigenvalue weighted by molar-refractivity contribution is 0.0690. The molecule has 0 saturated carbocycles. The van der Waals surface area contributed by atoms with Gasteiger partial charge in [-0.2, -0.15) is 0 Å². The highest BCUT2D eigenvalue weighted by Crippen LogP contribution is 2.28. The molecule has 2 heterocycles. The van der Waals surface area contributed by atoms with E-state index >= 15 is 0 Å². The Balaban J connectivity index is 0.00000176. The zero-order valence-electron chi connectivity index (χ0n) is 12.8. The minimum absolute atomic E-state index is 0. The van der Waals surface area contributed by atoms with E-state index in [1.54, 1.807) is 0 Å². The molecule has 5 heteroatoms. The summed E-state index contributed by atoms with van der Waals surface area (Å²) in [6.45, 7) is 3.24. The van der Waals surface area contributed by atoms with E-state index < -0.39 is 5.97 Å². The number of para-hydroxylation sites is 1. The number of nitrogens with one attached hydrogen (secondary N) is 1. The summed E-state index contributed by atoms with van der Waals surface area (Å²) in [6, 6.07) is 8.15. The summed E-state index contributed by atoms with van der Waals surface area (Å²) < 4.78 is 0. The van der Waals surface area contributed by atoms with Crippen LogP contribution < -0.4 is 0 Å². The molecule has 1 atom stereocenters. The molecule has 2 aromatic rings. The molecule has 1 aromatic heterocycles. The van der Waals surface area contributed by atoms with Crippen molar-refractivity contribution < 1.29 is 9.90 Å². The topological polar surface area (TPSA) is 56.3 Å². The third kappa shape index (κ3) is 2.89. The van der Waals surface area contributed by atoms with Gasteiger partial charge in [0.15, 0.2) is 0 Å². The molecule has 1 unspecified atom stereocenters. The zero-order valence-corrected chi connectivity index (χ0v) is 13.6. The van der Waals surface area contributed by atoms with Crippen LogP contribution in [0.4, 0.5) is 0 Å². The molecule has 0 fully saturated rings. The number of nitrogens with zero attached hydrogens (tertiary/aromatic N) is 1. The summed E-state index contributed by atoms with van der Waals surface area (Å²) >= 11 is 0. The Morgan fingerprint density at radius 2 is 2.14 bits per heavy atom. The van der Waals surface area contributed by atoms with Gasteiger partial charge in [0, 0.05) is 23.5 Å². The zero-order chi connectivity index (χ0) is 15.0. The van der Waals surface area contributed by atoms with Crippen molar-refractivity contribution in [3.63, 3.8) is 0 Å². The fourth-order valence-corrected chi connectivity index (χ4v) is 3.09. The Labute approximate surface area is 136 Å². The van der Waals surface area contributed by atoms with Crippen LogP contribution in [0.1, 0.15) is 29.4 Å². The number of carboxylic acids is 1. The van der Waals surface area contributed by atoms with E-state index in [0.29, 0.717) is 18.2 Å². The van der Waals surface area contributed by atoms with Gasteiger partial charge in [-0.15, -0.1) is 12.4 Å². The van der Waals surface area contributed by atoms with Crippen molar-refractivity contribution in [2.75, 3.05) is 13.6 Å². The summed E-state index contributed by atoms with van der Waals surface area (Å²) in [6.07, 6.45) is 3.98. The van der Waals surface area contributed by atoms with Crippen molar-refractivity contribution in [3.8, 4) is 0 Å². The lowest BCUT2D eigenvalue weighted by atomic mass is 9.93. The molecule has 1 aliphatic rings. The molecule has 0 radical (unpaired) electrons. The van der Waals surface area contributed by atoms with E-state index in [2.05, 4.69) is 29.9 Å². The number of carboxylic acid groups (broad SMARTS) is 1. The highest BCUT2D eigenvalue weighted by Gasteiger charge is 2.23. The Hall–Kier alpha value is -1.78. The van der Waals surface area contributed by atoms with Crippen LogP contribution in [0.5, 0.6) is 0 Å². The molecule has 3 rings (SSSR count). The number of aromatic carboxylic acids is 1. The van der Waals surface area contributed by atoms with E-state index in [4.69, 9.17) is 0 Å². The third-order valence-corrected chi connectivity index (χ3v) is 4.49. The molecule has 0 saturated heterocycles. The third-order valence-electron chi connectivity index (χ3n) is 4.49. The maximum atomic E-state index is 11.5. The molecule has 2 N–H and O–H groups in total. The summed E-state index contributed by atoms with van der Waals surface area (Å²) in [7, 11) is 2.12. The van der Waals surface area contributed by atoms with E-state index in [1.165, 1.54) is 5.57 Å². The lowest BCUT2D eigenvalue weighted by Gasteiger charge is -2.31. The molecule has 118 valence electrons. The molecule has 4 nitrogen and oxygen atoms in total. The number of carbonyl (C=O) groups is 1. The number of aromatic amines is 1. The van der Waals surface area contributed by atoms with Crippen LogP contribution in [-0.4, -0.2) is 40.6 Å². The Bertz CT molecular complexity index is 721. The lowest BCUT2D eigenvalue weighted by Crippen LogP contribution is -2.35. The number of hydrogen-bond donors (Lipinski definition) is 2. The SMILES string of the molecule is CC1C(Cc2c(C(=O)O)[nH]c3ccccc23)=CCCN1C.Cl. The van der Waals surface area contributed by atoms with Gasteiger partial charge in [-0.3, -0.25) is 4.90 Å². The Morgan fingerprint density at radius 3 is 2.86 bits per heavy atom. The molecule has 0 amide bonds. The number of halogens is 1. The predicted octanol–water partition coefficient (Wildman–Crippen LogP) is 3.48. The number of benzene rings is 1. The van der Waals surface area contributed by atoms with Gasteiger partial charge in [0.05, 0.1) is 0 Å².